The Labute approximate surface area is 657 Å². The molecule has 0 aliphatic heterocycles. The molecule has 6 aromatic heterocycles. The number of rotatable bonds is 8. The first kappa shape index (κ1) is 67.3. The molecule has 2 aliphatic carbocycles. The molecule has 0 saturated heterocycles. The van der Waals surface area contributed by atoms with Crippen LogP contribution in [0.15, 0.2) is 315 Å². The lowest BCUT2D eigenvalue weighted by atomic mass is 9.55. The molecule has 14 aromatic carbocycles. The maximum Gasteiger partial charge on any atom is 0.165 e. The van der Waals surface area contributed by atoms with Gasteiger partial charge in [-0.15, -0.1) is 22.7 Å². The van der Waals surface area contributed by atoms with E-state index in [1.54, 1.807) is 22.7 Å². The highest BCUT2D eigenvalue weighted by molar-refractivity contribution is 7.26. The molecule has 22 rings (SSSR count). The molecular formula is C102H76N8S2. The number of fused-ring (bicyclic) bond motifs is 18. The van der Waals surface area contributed by atoms with Crippen LogP contribution in [0.3, 0.4) is 0 Å². The van der Waals surface area contributed by atoms with E-state index in [0.29, 0.717) is 34.9 Å². The predicted molar refractivity (Wildman–Crippen MR) is 470 cm³/mol. The Balaban J connectivity index is 0.000000141. The normalized spacial score (nSPS) is 14.4. The van der Waals surface area contributed by atoms with Gasteiger partial charge in [0, 0.05) is 107 Å². The Kier molecular flexibility index (Phi) is 15.2. The molecule has 2 aliphatic rings. The molecule has 0 fully saturated rings. The van der Waals surface area contributed by atoms with E-state index in [9.17, 15) is 0 Å². The summed E-state index contributed by atoms with van der Waals surface area (Å²) in [5.41, 5.74) is 23.2. The predicted octanol–water partition coefficient (Wildman–Crippen LogP) is 27.1. The first-order valence-electron chi connectivity index (χ1n) is 38.6. The van der Waals surface area contributed by atoms with Crippen molar-refractivity contribution in [2.24, 2.45) is 0 Å². The average molecular weight is 1480 g/mol. The van der Waals surface area contributed by atoms with E-state index in [1.165, 1.54) is 128 Å². The summed E-state index contributed by atoms with van der Waals surface area (Å²) in [7, 11) is 0. The van der Waals surface area contributed by atoms with Crippen LogP contribution in [0.25, 0.3) is 186 Å². The molecule has 0 spiro atoms. The second-order valence-electron chi connectivity index (χ2n) is 32.1. The van der Waals surface area contributed by atoms with Gasteiger partial charge in [0.25, 0.3) is 0 Å². The lowest BCUT2D eigenvalue weighted by molar-refractivity contribution is 0.299. The Hall–Kier alpha value is -12.9. The molecule has 20 aromatic rings. The maximum absolute atomic E-state index is 5.26. The largest absolute Gasteiger partial charge is 0.309 e. The lowest BCUT2D eigenvalue weighted by Crippen LogP contribution is -2.43. The van der Waals surface area contributed by atoms with Gasteiger partial charge in [-0.05, 0) is 151 Å². The minimum absolute atomic E-state index is 0.0402. The highest BCUT2D eigenvalue weighted by Crippen LogP contribution is 2.58. The fraction of sp³-hybridized carbons (Fsp3) is 0.118. The molecule has 0 unspecified atom stereocenters. The summed E-state index contributed by atoms with van der Waals surface area (Å²) in [6, 6.07) is 113. The van der Waals surface area contributed by atoms with Crippen molar-refractivity contribution in [1.82, 2.24) is 39.0 Å². The lowest BCUT2D eigenvalue weighted by Gasteiger charge is -2.48. The third-order valence-corrected chi connectivity index (χ3v) is 27.7. The van der Waals surface area contributed by atoms with Crippen molar-refractivity contribution < 1.29 is 0 Å². The summed E-state index contributed by atoms with van der Waals surface area (Å²) < 4.78 is 9.71. The van der Waals surface area contributed by atoms with E-state index in [4.69, 9.17) is 29.9 Å². The number of benzene rings is 14. The van der Waals surface area contributed by atoms with Gasteiger partial charge in [0.15, 0.2) is 34.9 Å². The second kappa shape index (κ2) is 25.3. The Bertz CT molecular complexity index is 7270. The first-order valence-corrected chi connectivity index (χ1v) is 40.2. The van der Waals surface area contributed by atoms with Crippen LogP contribution < -0.4 is 0 Å². The van der Waals surface area contributed by atoms with Gasteiger partial charge in [-0.3, -0.25) is 0 Å². The van der Waals surface area contributed by atoms with E-state index in [2.05, 4.69) is 344 Å². The summed E-state index contributed by atoms with van der Waals surface area (Å²) in [5, 5.41) is 9.94. The van der Waals surface area contributed by atoms with E-state index in [0.717, 1.165) is 44.8 Å². The maximum atomic E-state index is 5.26. The van der Waals surface area contributed by atoms with Crippen molar-refractivity contribution in [3.05, 3.63) is 338 Å². The minimum atomic E-state index is -0.111. The van der Waals surface area contributed by atoms with E-state index in [-0.39, 0.29) is 21.7 Å². The van der Waals surface area contributed by atoms with Crippen molar-refractivity contribution in [3.63, 3.8) is 0 Å². The zero-order valence-corrected chi connectivity index (χ0v) is 65.0. The van der Waals surface area contributed by atoms with Crippen molar-refractivity contribution in [2.45, 2.75) is 77.0 Å². The number of para-hydroxylation sites is 2. The molecule has 0 saturated carbocycles. The zero-order chi connectivity index (χ0) is 75.5. The summed E-state index contributed by atoms with van der Waals surface area (Å²) in [6.07, 6.45) is 0. The molecule has 0 radical (unpaired) electrons. The molecule has 6 heterocycles. The summed E-state index contributed by atoms with van der Waals surface area (Å²) >= 11 is 3.58. The topological polar surface area (TPSA) is 87.2 Å². The van der Waals surface area contributed by atoms with Crippen LogP contribution in [0.2, 0.25) is 0 Å². The third-order valence-electron chi connectivity index (χ3n) is 25.2. The van der Waals surface area contributed by atoms with Crippen LogP contribution in [0.4, 0.5) is 0 Å². The molecule has 112 heavy (non-hydrogen) atoms. The Morgan fingerprint density at radius 3 is 1.03 bits per heavy atom. The zero-order valence-electron chi connectivity index (χ0n) is 63.4. The number of nitrogens with zero attached hydrogens (tertiary/aromatic N) is 8. The second-order valence-corrected chi connectivity index (χ2v) is 34.2. The molecule has 0 amide bonds. The van der Waals surface area contributed by atoms with Crippen LogP contribution in [0, 0.1) is 0 Å². The van der Waals surface area contributed by atoms with E-state index < -0.39 is 0 Å². The minimum Gasteiger partial charge on any atom is -0.309 e. The van der Waals surface area contributed by atoms with Crippen LogP contribution >= 0.6 is 22.7 Å². The van der Waals surface area contributed by atoms with E-state index in [1.807, 2.05) is 36.4 Å². The van der Waals surface area contributed by atoms with Crippen molar-refractivity contribution in [3.8, 4) is 102 Å². The van der Waals surface area contributed by atoms with Crippen LogP contribution in [0.5, 0.6) is 0 Å². The number of aromatic nitrogens is 8. The van der Waals surface area contributed by atoms with Crippen LogP contribution in [0.1, 0.15) is 77.6 Å². The first-order chi connectivity index (χ1) is 54.6. The van der Waals surface area contributed by atoms with Crippen LogP contribution in [-0.4, -0.2) is 39.0 Å². The standard InChI is InChI=1S/2C51H38N4S/c1-50(2)41-25-11-8-20-34(41)39-30-44-40(29-42(39)51(50,3)4)35-21-9-12-26-43(35)55(44)33-19-14-18-32(28-33)48-52-47(31-16-6-5-7-17-31)53-49(54-48)38-24-15-23-37-36-22-10-13-27-45(36)56-46(37)38;1-50(2)41-25-11-8-20-34(41)39-29-40-35-21-9-12-26-43(35)55(44(40)30-42(39)51(50,3)4)33-19-14-18-32(28-33)48-52-47(31-16-6-5-7-17-31)53-49(54-48)38-24-15-23-37-36-22-10-13-27-45(36)56-46(37)38/h2*5-30H,1-4H3. The van der Waals surface area contributed by atoms with Gasteiger partial charge >= 0.3 is 0 Å². The number of thiophene rings is 2. The van der Waals surface area contributed by atoms with Gasteiger partial charge in [0.1, 0.15) is 0 Å². The molecule has 10 heteroatoms. The fourth-order valence-corrected chi connectivity index (χ4v) is 20.5. The Morgan fingerprint density at radius 2 is 0.545 bits per heavy atom. The summed E-state index contributed by atoms with van der Waals surface area (Å²) in [4.78, 5) is 31.1. The monoisotopic (exact) mass is 1480 g/mol. The highest BCUT2D eigenvalue weighted by Gasteiger charge is 2.48. The van der Waals surface area contributed by atoms with Crippen molar-refractivity contribution >= 4 is 107 Å². The molecule has 536 valence electrons. The molecular weight excluding hydrogens is 1400 g/mol. The molecule has 0 atom stereocenters. The van der Waals surface area contributed by atoms with Gasteiger partial charge < -0.3 is 9.13 Å². The Morgan fingerprint density at radius 1 is 0.214 bits per heavy atom. The van der Waals surface area contributed by atoms with Gasteiger partial charge in [0.2, 0.25) is 0 Å². The number of hydrogen-bond donors (Lipinski definition) is 0. The number of hydrogen-bond acceptors (Lipinski definition) is 8. The molecule has 8 nitrogen and oxygen atoms in total. The molecule has 0 N–H and O–H groups in total. The SMILES string of the molecule is CC1(C)c2ccccc2-c2cc3c(cc2C1(C)C)c1ccccc1n3-c1cccc(-c2nc(-c3ccccc3)nc(-c3cccc4c3sc3ccccc34)n2)c1.CC1(C)c2ccccc2-c2cc3c4ccccc4n(-c4cccc(-c5nc(-c6ccccc6)nc(-c6cccc7c6sc6ccccc67)n5)c4)c3cc2C1(C)C. The van der Waals surface area contributed by atoms with Crippen molar-refractivity contribution in [1.29, 1.82) is 0 Å². The fourth-order valence-electron chi connectivity index (χ4n) is 18.0. The molecule has 0 bridgehead atoms. The summed E-state index contributed by atoms with van der Waals surface area (Å²) in [5.74, 6) is 3.94. The third kappa shape index (κ3) is 10.3. The van der Waals surface area contributed by atoms with Crippen LogP contribution in [-0.2, 0) is 21.7 Å². The van der Waals surface area contributed by atoms with E-state index >= 15 is 0 Å². The van der Waals surface area contributed by atoms with Crippen molar-refractivity contribution in [2.75, 3.05) is 0 Å². The average Bonchev–Trinajstić information content (AvgIpc) is 1.27. The summed E-state index contributed by atoms with van der Waals surface area (Å²) in [6.45, 7) is 19.2. The quantitative estimate of drug-likeness (QED) is 0.151. The highest BCUT2D eigenvalue weighted by atomic mass is 32.1. The smallest absolute Gasteiger partial charge is 0.165 e. The van der Waals surface area contributed by atoms with Gasteiger partial charge in [-0.25, -0.2) is 29.9 Å². The van der Waals surface area contributed by atoms with Gasteiger partial charge in [0.05, 0.1) is 22.1 Å². The van der Waals surface area contributed by atoms with Gasteiger partial charge in [-0.1, -0.05) is 286 Å². The van der Waals surface area contributed by atoms with Gasteiger partial charge in [-0.2, -0.15) is 0 Å².